The van der Waals surface area contributed by atoms with Crippen molar-refractivity contribution in [3.63, 3.8) is 0 Å². The van der Waals surface area contributed by atoms with Crippen LogP contribution in [0.2, 0.25) is 0 Å². The molecule has 2 aliphatic rings. The van der Waals surface area contributed by atoms with Crippen LogP contribution in [0.4, 0.5) is 0 Å². The fourth-order valence-corrected chi connectivity index (χ4v) is 3.55. The highest BCUT2D eigenvalue weighted by Gasteiger charge is 2.54. The lowest BCUT2D eigenvalue weighted by molar-refractivity contribution is 0.0897. The molecule has 2 aromatic rings. The van der Waals surface area contributed by atoms with Crippen molar-refractivity contribution in [2.75, 3.05) is 13.7 Å². The lowest BCUT2D eigenvalue weighted by atomic mass is 9.78. The van der Waals surface area contributed by atoms with Crippen molar-refractivity contribution in [2.45, 2.75) is 17.9 Å². The molecule has 4 heteroatoms. The van der Waals surface area contributed by atoms with E-state index >= 15 is 0 Å². The SMILES string of the molecule is COc1ccc([C@@H]2CN=N[C@]23Cc2ccccc2C3=O)cc1. The van der Waals surface area contributed by atoms with E-state index in [1.54, 1.807) is 7.11 Å². The summed E-state index contributed by atoms with van der Waals surface area (Å²) in [7, 11) is 1.65. The summed E-state index contributed by atoms with van der Waals surface area (Å²) < 4.78 is 5.21. The summed E-state index contributed by atoms with van der Waals surface area (Å²) in [6.45, 7) is 0.562. The average Bonchev–Trinajstić information content (AvgIpc) is 3.11. The smallest absolute Gasteiger partial charge is 0.193 e. The fourth-order valence-electron chi connectivity index (χ4n) is 3.55. The first kappa shape index (κ1) is 13.2. The molecule has 22 heavy (non-hydrogen) atoms. The molecule has 2 atom stereocenters. The molecule has 1 aliphatic carbocycles. The summed E-state index contributed by atoms with van der Waals surface area (Å²) in [6.07, 6.45) is 0.641. The normalized spacial score (nSPS) is 25.7. The number of fused-ring (bicyclic) bond motifs is 1. The van der Waals surface area contributed by atoms with E-state index in [-0.39, 0.29) is 11.7 Å². The number of ether oxygens (including phenoxy) is 1. The molecule has 0 fully saturated rings. The van der Waals surface area contributed by atoms with Crippen LogP contribution in [-0.2, 0) is 6.42 Å². The van der Waals surface area contributed by atoms with Gasteiger partial charge in [-0.3, -0.25) is 4.79 Å². The van der Waals surface area contributed by atoms with Crippen molar-refractivity contribution in [3.8, 4) is 5.75 Å². The molecule has 0 amide bonds. The number of methoxy groups -OCH3 is 1. The number of hydrogen-bond acceptors (Lipinski definition) is 4. The van der Waals surface area contributed by atoms with E-state index in [4.69, 9.17) is 4.74 Å². The first-order valence-electron chi connectivity index (χ1n) is 7.40. The van der Waals surface area contributed by atoms with Gasteiger partial charge in [0.15, 0.2) is 11.3 Å². The van der Waals surface area contributed by atoms with Crippen LogP contribution in [0.25, 0.3) is 0 Å². The topological polar surface area (TPSA) is 51.0 Å². The van der Waals surface area contributed by atoms with Crippen molar-refractivity contribution in [1.82, 2.24) is 0 Å². The Morgan fingerprint density at radius 3 is 2.64 bits per heavy atom. The van der Waals surface area contributed by atoms with Gasteiger partial charge in [-0.25, -0.2) is 0 Å². The van der Waals surface area contributed by atoms with E-state index in [0.717, 1.165) is 22.4 Å². The van der Waals surface area contributed by atoms with Crippen LogP contribution in [0.15, 0.2) is 58.8 Å². The molecule has 0 N–H and O–H groups in total. The lowest BCUT2D eigenvalue weighted by Crippen LogP contribution is -2.38. The molecular formula is C18H16N2O2. The maximum Gasteiger partial charge on any atom is 0.193 e. The molecule has 1 spiro atoms. The number of Topliss-reactive ketones (excluding diaryl/α,β-unsaturated/α-hetero) is 1. The Hall–Kier alpha value is -2.49. The van der Waals surface area contributed by atoms with Crippen LogP contribution < -0.4 is 4.74 Å². The summed E-state index contributed by atoms with van der Waals surface area (Å²) in [5.41, 5.74) is 2.21. The van der Waals surface area contributed by atoms with E-state index in [9.17, 15) is 4.79 Å². The van der Waals surface area contributed by atoms with Crippen molar-refractivity contribution in [3.05, 3.63) is 65.2 Å². The zero-order chi connectivity index (χ0) is 15.2. The molecule has 4 nitrogen and oxygen atoms in total. The Labute approximate surface area is 128 Å². The van der Waals surface area contributed by atoms with E-state index in [1.807, 2.05) is 48.5 Å². The Bertz CT molecular complexity index is 767. The summed E-state index contributed by atoms with van der Waals surface area (Å²) >= 11 is 0. The minimum Gasteiger partial charge on any atom is -0.497 e. The first-order valence-corrected chi connectivity index (χ1v) is 7.40. The Morgan fingerprint density at radius 2 is 1.91 bits per heavy atom. The zero-order valence-corrected chi connectivity index (χ0v) is 12.3. The van der Waals surface area contributed by atoms with Crippen LogP contribution in [0.1, 0.15) is 27.4 Å². The molecule has 0 bridgehead atoms. The van der Waals surface area contributed by atoms with E-state index in [2.05, 4.69) is 10.2 Å². The van der Waals surface area contributed by atoms with Crippen molar-refractivity contribution < 1.29 is 9.53 Å². The quantitative estimate of drug-likeness (QED) is 0.851. The molecule has 2 aromatic carbocycles. The molecule has 110 valence electrons. The fraction of sp³-hybridized carbons (Fsp3) is 0.278. The molecule has 0 unspecified atom stereocenters. The van der Waals surface area contributed by atoms with Gasteiger partial charge in [0, 0.05) is 17.9 Å². The maximum absolute atomic E-state index is 12.9. The van der Waals surface area contributed by atoms with Gasteiger partial charge >= 0.3 is 0 Å². The first-order chi connectivity index (χ1) is 10.7. The van der Waals surface area contributed by atoms with Gasteiger partial charge in [-0.05, 0) is 23.3 Å². The van der Waals surface area contributed by atoms with Gasteiger partial charge in [-0.1, -0.05) is 36.4 Å². The predicted octanol–water partition coefficient (Wildman–Crippen LogP) is 3.42. The van der Waals surface area contributed by atoms with Crippen molar-refractivity contribution in [2.24, 2.45) is 10.2 Å². The number of nitrogens with zero attached hydrogens (tertiary/aromatic N) is 2. The van der Waals surface area contributed by atoms with Gasteiger partial charge in [-0.2, -0.15) is 10.2 Å². The highest BCUT2D eigenvalue weighted by molar-refractivity contribution is 6.08. The van der Waals surface area contributed by atoms with E-state index in [1.165, 1.54) is 0 Å². The van der Waals surface area contributed by atoms with Gasteiger partial charge in [0.1, 0.15) is 5.75 Å². The Balaban J connectivity index is 1.75. The van der Waals surface area contributed by atoms with Crippen LogP contribution in [0.3, 0.4) is 0 Å². The lowest BCUT2D eigenvalue weighted by Gasteiger charge is -2.25. The predicted molar refractivity (Wildman–Crippen MR) is 82.7 cm³/mol. The van der Waals surface area contributed by atoms with Crippen molar-refractivity contribution in [1.29, 1.82) is 0 Å². The standard InChI is InChI=1S/C18H16N2O2/c1-22-14-8-6-12(7-9-14)16-11-19-20-18(16)10-13-4-2-3-5-15(13)17(18)21/h2-9,16H,10-11H2,1H3/t16-,18+/m0/s1. The van der Waals surface area contributed by atoms with Crippen LogP contribution in [0.5, 0.6) is 5.75 Å². The minimum atomic E-state index is -0.752. The van der Waals surface area contributed by atoms with Gasteiger partial charge < -0.3 is 4.74 Å². The molecule has 0 saturated heterocycles. The second-order valence-electron chi connectivity index (χ2n) is 5.84. The van der Waals surface area contributed by atoms with Crippen LogP contribution in [0, 0.1) is 0 Å². The highest BCUT2D eigenvalue weighted by atomic mass is 16.5. The average molecular weight is 292 g/mol. The van der Waals surface area contributed by atoms with E-state index in [0.29, 0.717) is 13.0 Å². The zero-order valence-electron chi connectivity index (χ0n) is 12.3. The Morgan fingerprint density at radius 1 is 1.14 bits per heavy atom. The summed E-state index contributed by atoms with van der Waals surface area (Å²) in [6, 6.07) is 15.7. The van der Waals surface area contributed by atoms with Crippen molar-refractivity contribution >= 4 is 5.78 Å². The minimum absolute atomic E-state index is 0.00157. The molecule has 4 rings (SSSR count). The number of carbonyl (C=O) groups excluding carboxylic acids is 1. The van der Waals surface area contributed by atoms with E-state index < -0.39 is 5.54 Å². The summed E-state index contributed by atoms with van der Waals surface area (Å²) in [5.74, 6) is 0.911. The second-order valence-corrected chi connectivity index (χ2v) is 5.84. The summed E-state index contributed by atoms with van der Waals surface area (Å²) in [5, 5.41) is 8.63. The molecule has 1 aliphatic heterocycles. The monoisotopic (exact) mass is 292 g/mol. The highest BCUT2D eigenvalue weighted by Crippen LogP contribution is 2.46. The van der Waals surface area contributed by atoms with Gasteiger partial charge in [0.25, 0.3) is 0 Å². The van der Waals surface area contributed by atoms with Crippen LogP contribution in [-0.4, -0.2) is 25.0 Å². The van der Waals surface area contributed by atoms with Crippen LogP contribution >= 0.6 is 0 Å². The number of rotatable bonds is 2. The summed E-state index contributed by atoms with van der Waals surface area (Å²) in [4.78, 5) is 12.9. The number of carbonyl (C=O) groups is 1. The number of ketones is 1. The molecule has 0 saturated carbocycles. The van der Waals surface area contributed by atoms with Gasteiger partial charge in [0.2, 0.25) is 0 Å². The second kappa shape index (κ2) is 4.77. The molecule has 1 heterocycles. The molecule has 0 radical (unpaired) electrons. The number of hydrogen-bond donors (Lipinski definition) is 0. The third kappa shape index (κ3) is 1.73. The number of azo groups is 1. The van der Waals surface area contributed by atoms with Gasteiger partial charge in [-0.15, -0.1) is 0 Å². The molecular weight excluding hydrogens is 276 g/mol. The van der Waals surface area contributed by atoms with Gasteiger partial charge in [0.05, 0.1) is 13.7 Å². The molecule has 0 aromatic heterocycles. The number of benzene rings is 2. The largest absolute Gasteiger partial charge is 0.497 e. The maximum atomic E-state index is 12.9. The third-order valence-corrected chi connectivity index (χ3v) is 4.72. The Kier molecular flexibility index (Phi) is 2.86. The third-order valence-electron chi connectivity index (χ3n) is 4.72.